The number of hydrogen-bond donors (Lipinski definition) is 0. The molecular formula is C29H48O2. The van der Waals surface area contributed by atoms with E-state index in [-0.39, 0.29) is 22.9 Å². The van der Waals surface area contributed by atoms with E-state index in [0.717, 1.165) is 18.8 Å². The molecular weight excluding hydrogens is 380 g/mol. The molecule has 0 heterocycles. The second-order valence-corrected chi connectivity index (χ2v) is 12.3. The Morgan fingerprint density at radius 3 is 2.03 bits per heavy atom. The van der Waals surface area contributed by atoms with Crippen LogP contribution >= 0.6 is 0 Å². The molecule has 0 amide bonds. The van der Waals surface area contributed by atoms with Crippen LogP contribution in [0.4, 0.5) is 0 Å². The fourth-order valence-electron chi connectivity index (χ4n) is 4.96. The molecule has 1 unspecified atom stereocenters. The average molecular weight is 429 g/mol. The Hall–Kier alpha value is -1.31. The summed E-state index contributed by atoms with van der Waals surface area (Å²) in [5, 5.41) is 0. The zero-order valence-corrected chi connectivity index (χ0v) is 21.6. The molecule has 31 heavy (non-hydrogen) atoms. The minimum atomic E-state index is -0.174. The van der Waals surface area contributed by atoms with E-state index < -0.39 is 0 Å². The third kappa shape index (κ3) is 8.28. The van der Waals surface area contributed by atoms with E-state index in [4.69, 9.17) is 4.74 Å². The van der Waals surface area contributed by atoms with Crippen molar-refractivity contribution in [2.45, 2.75) is 119 Å². The first-order valence-corrected chi connectivity index (χ1v) is 12.7. The minimum Gasteiger partial charge on any atom is -0.459 e. The molecule has 2 heteroatoms. The van der Waals surface area contributed by atoms with Gasteiger partial charge in [-0.1, -0.05) is 80.4 Å². The molecule has 1 aliphatic carbocycles. The zero-order chi connectivity index (χ0) is 23.2. The highest BCUT2D eigenvalue weighted by Gasteiger charge is 2.31. The summed E-state index contributed by atoms with van der Waals surface area (Å²) in [6.07, 6.45) is 9.67. The first-order valence-electron chi connectivity index (χ1n) is 12.7. The van der Waals surface area contributed by atoms with E-state index in [0.29, 0.717) is 17.4 Å². The van der Waals surface area contributed by atoms with Crippen LogP contribution in [0.15, 0.2) is 24.3 Å². The SMILES string of the molecule is CCCC1CCC(c2ccc(C(=O)OC(CC(C)(C)C)CC(C)(C)C(C)C)cc2)CC1. The van der Waals surface area contributed by atoms with Gasteiger partial charge in [0.05, 0.1) is 5.56 Å². The third-order valence-electron chi connectivity index (χ3n) is 7.59. The molecule has 1 saturated carbocycles. The lowest BCUT2D eigenvalue weighted by Crippen LogP contribution is -2.32. The van der Waals surface area contributed by atoms with Crippen LogP contribution in [0.5, 0.6) is 0 Å². The van der Waals surface area contributed by atoms with Gasteiger partial charge in [-0.25, -0.2) is 4.79 Å². The number of esters is 1. The number of carbonyl (C=O) groups is 1. The fraction of sp³-hybridized carbons (Fsp3) is 0.759. The molecule has 1 aliphatic rings. The van der Waals surface area contributed by atoms with Gasteiger partial charge in [0.1, 0.15) is 6.10 Å². The molecule has 2 nitrogen and oxygen atoms in total. The lowest BCUT2D eigenvalue weighted by atomic mass is 9.74. The van der Waals surface area contributed by atoms with Crippen molar-refractivity contribution in [2.75, 3.05) is 0 Å². The maximum Gasteiger partial charge on any atom is 0.338 e. The summed E-state index contributed by atoms with van der Waals surface area (Å²) >= 11 is 0. The van der Waals surface area contributed by atoms with Gasteiger partial charge >= 0.3 is 5.97 Å². The Bertz CT molecular complexity index is 670. The summed E-state index contributed by atoms with van der Waals surface area (Å²) in [4.78, 5) is 13.0. The summed E-state index contributed by atoms with van der Waals surface area (Å²) < 4.78 is 6.09. The molecule has 0 aromatic heterocycles. The smallest absolute Gasteiger partial charge is 0.338 e. The predicted octanol–water partition coefficient (Wildman–Crippen LogP) is 8.79. The molecule has 1 aromatic carbocycles. The summed E-state index contributed by atoms with van der Waals surface area (Å²) in [5.74, 6) is 1.94. The van der Waals surface area contributed by atoms with Crippen molar-refractivity contribution in [2.24, 2.45) is 22.7 Å². The highest BCUT2D eigenvalue weighted by molar-refractivity contribution is 5.89. The van der Waals surface area contributed by atoms with Crippen LogP contribution in [0.1, 0.15) is 129 Å². The highest BCUT2D eigenvalue weighted by atomic mass is 16.5. The normalized spacial score (nSPS) is 21.2. The van der Waals surface area contributed by atoms with Crippen LogP contribution < -0.4 is 0 Å². The topological polar surface area (TPSA) is 26.3 Å². The van der Waals surface area contributed by atoms with Gasteiger partial charge < -0.3 is 4.74 Å². The number of benzene rings is 1. The molecule has 0 N–H and O–H groups in total. The lowest BCUT2D eigenvalue weighted by molar-refractivity contribution is 0.00130. The van der Waals surface area contributed by atoms with Gasteiger partial charge in [0.2, 0.25) is 0 Å². The maximum absolute atomic E-state index is 13.0. The Morgan fingerprint density at radius 1 is 0.968 bits per heavy atom. The molecule has 1 aromatic rings. The second kappa shape index (κ2) is 11.0. The molecule has 0 bridgehead atoms. The van der Waals surface area contributed by atoms with E-state index in [9.17, 15) is 4.79 Å². The standard InChI is InChI=1S/C29H48O2/c1-9-10-22-11-13-23(14-12-22)24-15-17-25(18-16-24)27(30)31-26(19-28(4,5)6)20-29(7,8)21(2)3/h15-18,21-23,26H,9-14,19-20H2,1-8H3. The van der Waals surface area contributed by atoms with Gasteiger partial charge in [0.15, 0.2) is 0 Å². The summed E-state index contributed by atoms with van der Waals surface area (Å²) in [6, 6.07) is 8.30. The van der Waals surface area contributed by atoms with Gasteiger partial charge in [-0.3, -0.25) is 0 Å². The van der Waals surface area contributed by atoms with Crippen LogP contribution in [0.3, 0.4) is 0 Å². The van der Waals surface area contributed by atoms with Gasteiger partial charge in [0, 0.05) is 0 Å². The number of hydrogen-bond acceptors (Lipinski definition) is 2. The van der Waals surface area contributed by atoms with Crippen LogP contribution in [0.2, 0.25) is 0 Å². The average Bonchev–Trinajstić information content (AvgIpc) is 2.67. The second-order valence-electron chi connectivity index (χ2n) is 12.3. The lowest BCUT2D eigenvalue weighted by Gasteiger charge is -2.35. The first-order chi connectivity index (χ1) is 14.4. The van der Waals surface area contributed by atoms with Crippen molar-refractivity contribution in [3.63, 3.8) is 0 Å². The molecule has 0 radical (unpaired) electrons. The summed E-state index contributed by atoms with van der Waals surface area (Å²) in [6.45, 7) is 18.0. The molecule has 0 saturated heterocycles. The number of rotatable bonds is 9. The molecule has 2 rings (SSSR count). The van der Waals surface area contributed by atoms with E-state index in [1.807, 2.05) is 12.1 Å². The molecule has 0 aliphatic heterocycles. The van der Waals surface area contributed by atoms with Crippen LogP contribution in [0, 0.1) is 22.7 Å². The molecule has 1 fully saturated rings. The third-order valence-corrected chi connectivity index (χ3v) is 7.59. The maximum atomic E-state index is 13.0. The van der Waals surface area contributed by atoms with E-state index in [1.54, 1.807) is 0 Å². The van der Waals surface area contributed by atoms with E-state index in [2.05, 4.69) is 67.5 Å². The summed E-state index contributed by atoms with van der Waals surface area (Å²) in [7, 11) is 0. The van der Waals surface area contributed by atoms with Crippen LogP contribution in [-0.2, 0) is 4.74 Å². The summed E-state index contributed by atoms with van der Waals surface area (Å²) in [5.41, 5.74) is 2.33. The van der Waals surface area contributed by atoms with Gasteiger partial charge in [-0.2, -0.15) is 0 Å². The Labute approximate surface area is 192 Å². The van der Waals surface area contributed by atoms with E-state index in [1.165, 1.54) is 44.1 Å². The highest BCUT2D eigenvalue weighted by Crippen LogP contribution is 2.38. The molecule has 1 atom stereocenters. The van der Waals surface area contributed by atoms with Crippen molar-refractivity contribution in [3.05, 3.63) is 35.4 Å². The van der Waals surface area contributed by atoms with Crippen molar-refractivity contribution in [1.82, 2.24) is 0 Å². The number of ether oxygens (including phenoxy) is 1. The predicted molar refractivity (Wildman–Crippen MR) is 133 cm³/mol. The van der Waals surface area contributed by atoms with Crippen molar-refractivity contribution < 1.29 is 9.53 Å². The quantitative estimate of drug-likeness (QED) is 0.367. The van der Waals surface area contributed by atoms with Crippen molar-refractivity contribution in [1.29, 1.82) is 0 Å². The molecule has 0 spiro atoms. The largest absolute Gasteiger partial charge is 0.459 e. The fourth-order valence-corrected chi connectivity index (χ4v) is 4.96. The van der Waals surface area contributed by atoms with Gasteiger partial charge in [0.25, 0.3) is 0 Å². The Balaban J connectivity index is 2.02. The zero-order valence-electron chi connectivity index (χ0n) is 21.6. The van der Waals surface area contributed by atoms with Gasteiger partial charge in [-0.05, 0) is 84.8 Å². The Kier molecular flexibility index (Phi) is 9.22. The van der Waals surface area contributed by atoms with Gasteiger partial charge in [-0.15, -0.1) is 0 Å². The minimum absolute atomic E-state index is 0.0570. The van der Waals surface area contributed by atoms with Crippen LogP contribution in [0.25, 0.3) is 0 Å². The van der Waals surface area contributed by atoms with Crippen LogP contribution in [-0.4, -0.2) is 12.1 Å². The number of carbonyl (C=O) groups excluding carboxylic acids is 1. The van der Waals surface area contributed by atoms with Crippen molar-refractivity contribution >= 4 is 5.97 Å². The van der Waals surface area contributed by atoms with Crippen molar-refractivity contribution in [3.8, 4) is 0 Å². The van der Waals surface area contributed by atoms with E-state index >= 15 is 0 Å². The molecule has 176 valence electrons. The monoisotopic (exact) mass is 428 g/mol. The Morgan fingerprint density at radius 2 is 1.55 bits per heavy atom. The first kappa shape index (κ1) is 25.9.